The molecule has 0 radical (unpaired) electrons. The average Bonchev–Trinajstić information content (AvgIpc) is 2.46. The number of hydrogen-bond acceptors (Lipinski definition) is 4. The fourth-order valence-electron chi connectivity index (χ4n) is 1.75. The largest absolute Gasteiger partial charge is 0.497 e. The minimum atomic E-state index is -0.385. The summed E-state index contributed by atoms with van der Waals surface area (Å²) in [7, 11) is 1.62. The van der Waals surface area contributed by atoms with E-state index in [0.29, 0.717) is 0 Å². The Hall–Kier alpha value is -2.48. The molecule has 1 atom stereocenters. The highest BCUT2D eigenvalue weighted by Gasteiger charge is 2.17. The SMILES string of the molecule is COc1ccc(C(C)N/C=C(/C#N)C(=O)NC(C)(C)C)cc1. The van der Waals surface area contributed by atoms with E-state index in [-0.39, 0.29) is 23.1 Å². The third kappa shape index (κ3) is 5.49. The summed E-state index contributed by atoms with van der Waals surface area (Å²) in [5, 5.41) is 14.9. The number of nitrogens with one attached hydrogen (secondary N) is 2. The van der Waals surface area contributed by atoms with Gasteiger partial charge in [-0.25, -0.2) is 0 Å². The van der Waals surface area contributed by atoms with Crippen LogP contribution in [-0.2, 0) is 4.79 Å². The number of methoxy groups -OCH3 is 1. The lowest BCUT2D eigenvalue weighted by Crippen LogP contribution is -2.41. The molecule has 22 heavy (non-hydrogen) atoms. The molecule has 0 spiro atoms. The van der Waals surface area contributed by atoms with Crippen LogP contribution in [0.4, 0.5) is 0 Å². The Balaban J connectivity index is 2.74. The van der Waals surface area contributed by atoms with Gasteiger partial charge in [0.25, 0.3) is 5.91 Å². The summed E-state index contributed by atoms with van der Waals surface area (Å²) < 4.78 is 5.11. The summed E-state index contributed by atoms with van der Waals surface area (Å²) in [5.74, 6) is 0.401. The van der Waals surface area contributed by atoms with Gasteiger partial charge in [-0.3, -0.25) is 4.79 Å². The lowest BCUT2D eigenvalue weighted by molar-refractivity contribution is -0.118. The second-order valence-corrected chi connectivity index (χ2v) is 6.04. The van der Waals surface area contributed by atoms with Crippen LogP contribution >= 0.6 is 0 Å². The lowest BCUT2D eigenvalue weighted by atomic mass is 10.1. The smallest absolute Gasteiger partial charge is 0.263 e. The molecule has 0 aliphatic heterocycles. The van der Waals surface area contributed by atoms with Crippen molar-refractivity contribution in [3.63, 3.8) is 0 Å². The number of nitrogens with zero attached hydrogens (tertiary/aromatic N) is 1. The van der Waals surface area contributed by atoms with E-state index in [1.807, 2.05) is 58.0 Å². The van der Waals surface area contributed by atoms with Crippen LogP contribution in [0.2, 0.25) is 0 Å². The van der Waals surface area contributed by atoms with Crippen LogP contribution in [0, 0.1) is 11.3 Å². The van der Waals surface area contributed by atoms with E-state index >= 15 is 0 Å². The van der Waals surface area contributed by atoms with Crippen molar-refractivity contribution in [3.8, 4) is 11.8 Å². The lowest BCUT2D eigenvalue weighted by Gasteiger charge is -2.20. The molecule has 0 fully saturated rings. The molecule has 0 saturated carbocycles. The summed E-state index contributed by atoms with van der Waals surface area (Å²) in [6.45, 7) is 7.56. The number of nitriles is 1. The minimum Gasteiger partial charge on any atom is -0.497 e. The van der Waals surface area contributed by atoms with Crippen molar-refractivity contribution in [2.45, 2.75) is 39.3 Å². The van der Waals surface area contributed by atoms with E-state index in [1.54, 1.807) is 7.11 Å². The van der Waals surface area contributed by atoms with Crippen LogP contribution in [0.5, 0.6) is 5.75 Å². The Morgan fingerprint density at radius 3 is 2.36 bits per heavy atom. The van der Waals surface area contributed by atoms with Gasteiger partial charge in [0.2, 0.25) is 0 Å². The van der Waals surface area contributed by atoms with Crippen LogP contribution < -0.4 is 15.4 Å². The Morgan fingerprint density at radius 1 is 1.32 bits per heavy atom. The average molecular weight is 301 g/mol. The van der Waals surface area contributed by atoms with Crippen molar-refractivity contribution >= 4 is 5.91 Å². The molecule has 0 heterocycles. The van der Waals surface area contributed by atoms with Crippen LogP contribution in [0.3, 0.4) is 0 Å². The maximum Gasteiger partial charge on any atom is 0.263 e. The monoisotopic (exact) mass is 301 g/mol. The molecule has 1 amide bonds. The Morgan fingerprint density at radius 2 is 1.91 bits per heavy atom. The van der Waals surface area contributed by atoms with Gasteiger partial charge in [0.15, 0.2) is 0 Å². The third-order valence-corrected chi connectivity index (χ3v) is 2.95. The zero-order valence-electron chi connectivity index (χ0n) is 13.7. The van der Waals surface area contributed by atoms with E-state index in [9.17, 15) is 4.79 Å². The van der Waals surface area contributed by atoms with Crippen molar-refractivity contribution < 1.29 is 9.53 Å². The molecule has 1 unspecified atom stereocenters. The highest BCUT2D eigenvalue weighted by Crippen LogP contribution is 2.17. The van der Waals surface area contributed by atoms with Crippen molar-refractivity contribution in [1.29, 1.82) is 5.26 Å². The van der Waals surface area contributed by atoms with Gasteiger partial charge in [-0.05, 0) is 45.4 Å². The maximum absolute atomic E-state index is 12.0. The highest BCUT2D eigenvalue weighted by atomic mass is 16.5. The number of carbonyl (C=O) groups excluding carboxylic acids is 1. The zero-order chi connectivity index (χ0) is 16.8. The third-order valence-electron chi connectivity index (χ3n) is 2.95. The molecule has 0 aliphatic rings. The van der Waals surface area contributed by atoms with Gasteiger partial charge >= 0.3 is 0 Å². The summed E-state index contributed by atoms with van der Waals surface area (Å²) in [5.41, 5.74) is 0.704. The Kier molecular flexibility index (Phi) is 6.00. The van der Waals surface area contributed by atoms with Crippen LogP contribution in [0.25, 0.3) is 0 Å². The molecule has 5 heteroatoms. The van der Waals surface area contributed by atoms with Gasteiger partial charge in [-0.1, -0.05) is 12.1 Å². The minimum absolute atomic E-state index is 0.0308. The van der Waals surface area contributed by atoms with E-state index in [4.69, 9.17) is 10.00 Å². The summed E-state index contributed by atoms with van der Waals surface area (Å²) in [6.07, 6.45) is 1.45. The highest BCUT2D eigenvalue weighted by molar-refractivity contribution is 5.97. The Labute approximate surface area is 132 Å². The summed E-state index contributed by atoms with van der Waals surface area (Å²) in [6, 6.07) is 9.50. The number of benzene rings is 1. The molecule has 1 aromatic carbocycles. The molecule has 118 valence electrons. The van der Waals surface area contributed by atoms with Crippen molar-refractivity contribution in [3.05, 3.63) is 41.6 Å². The topological polar surface area (TPSA) is 74.1 Å². The molecule has 1 rings (SSSR count). The van der Waals surface area contributed by atoms with Crippen LogP contribution in [0.15, 0.2) is 36.0 Å². The quantitative estimate of drug-likeness (QED) is 0.647. The number of amides is 1. The normalized spacial score (nSPS) is 13.0. The van der Waals surface area contributed by atoms with E-state index in [1.165, 1.54) is 6.20 Å². The molecule has 0 saturated heterocycles. The maximum atomic E-state index is 12.0. The van der Waals surface area contributed by atoms with Crippen LogP contribution in [-0.4, -0.2) is 18.6 Å². The van der Waals surface area contributed by atoms with Gasteiger partial charge in [-0.15, -0.1) is 0 Å². The molecule has 5 nitrogen and oxygen atoms in total. The van der Waals surface area contributed by atoms with Gasteiger partial charge < -0.3 is 15.4 Å². The first kappa shape index (κ1) is 17.6. The molecule has 1 aromatic rings. The zero-order valence-corrected chi connectivity index (χ0v) is 13.7. The second kappa shape index (κ2) is 7.51. The number of ether oxygens (including phenoxy) is 1. The number of rotatable bonds is 5. The summed E-state index contributed by atoms with van der Waals surface area (Å²) in [4.78, 5) is 12.0. The van der Waals surface area contributed by atoms with E-state index in [0.717, 1.165) is 11.3 Å². The first-order chi connectivity index (χ1) is 10.3. The second-order valence-electron chi connectivity index (χ2n) is 6.04. The standard InChI is InChI=1S/C17H23N3O2/c1-12(13-6-8-15(22-5)9-7-13)19-11-14(10-18)16(21)20-17(2,3)4/h6-9,11-12,19H,1-5H3,(H,20,21)/b14-11-. The predicted molar refractivity (Wildman–Crippen MR) is 86.1 cm³/mol. The van der Waals surface area contributed by atoms with Crippen LogP contribution in [0.1, 0.15) is 39.3 Å². The van der Waals surface area contributed by atoms with Crippen molar-refractivity contribution in [2.75, 3.05) is 7.11 Å². The van der Waals surface area contributed by atoms with Crippen molar-refractivity contribution in [2.24, 2.45) is 0 Å². The molecule has 0 bridgehead atoms. The van der Waals surface area contributed by atoms with Gasteiger partial charge in [0, 0.05) is 17.8 Å². The predicted octanol–water partition coefficient (Wildman–Crippen LogP) is 2.67. The molecule has 2 N–H and O–H groups in total. The van der Waals surface area contributed by atoms with Gasteiger partial charge in [-0.2, -0.15) is 5.26 Å². The molecular weight excluding hydrogens is 278 g/mol. The number of carbonyl (C=O) groups is 1. The fraction of sp³-hybridized carbons (Fsp3) is 0.412. The number of hydrogen-bond donors (Lipinski definition) is 2. The molecular formula is C17H23N3O2. The van der Waals surface area contributed by atoms with Gasteiger partial charge in [0.1, 0.15) is 17.4 Å². The first-order valence-electron chi connectivity index (χ1n) is 7.09. The molecule has 0 aromatic heterocycles. The van der Waals surface area contributed by atoms with Crippen molar-refractivity contribution in [1.82, 2.24) is 10.6 Å². The summed E-state index contributed by atoms with van der Waals surface area (Å²) >= 11 is 0. The van der Waals surface area contributed by atoms with Gasteiger partial charge in [0.05, 0.1) is 7.11 Å². The first-order valence-corrected chi connectivity index (χ1v) is 7.09. The van der Waals surface area contributed by atoms with E-state index < -0.39 is 0 Å². The fourth-order valence-corrected chi connectivity index (χ4v) is 1.75. The Bertz CT molecular complexity index is 577. The molecule has 0 aliphatic carbocycles. The van der Waals surface area contributed by atoms with E-state index in [2.05, 4.69) is 10.6 Å².